The van der Waals surface area contributed by atoms with E-state index in [-0.39, 0.29) is 11.9 Å². The molecule has 0 saturated carbocycles. The highest BCUT2D eigenvalue weighted by Crippen LogP contribution is 2.23. The van der Waals surface area contributed by atoms with E-state index in [1.807, 2.05) is 31.1 Å². The van der Waals surface area contributed by atoms with Crippen LogP contribution in [0.3, 0.4) is 0 Å². The van der Waals surface area contributed by atoms with Gasteiger partial charge in [-0.2, -0.15) is 0 Å². The number of furan rings is 1. The fourth-order valence-corrected chi connectivity index (χ4v) is 2.25. The molecule has 0 spiro atoms. The van der Waals surface area contributed by atoms with Crippen LogP contribution in [0, 0.1) is 0 Å². The highest BCUT2D eigenvalue weighted by atomic mass is 35.5. The van der Waals surface area contributed by atoms with Gasteiger partial charge in [0.15, 0.2) is 0 Å². The van der Waals surface area contributed by atoms with E-state index in [0.717, 1.165) is 5.76 Å². The summed E-state index contributed by atoms with van der Waals surface area (Å²) in [7, 11) is 3.86. The first-order valence-corrected chi connectivity index (χ1v) is 7.17. The average molecular weight is 327 g/mol. The quantitative estimate of drug-likeness (QED) is 0.912. The number of benzene rings is 1. The molecule has 112 valence electrons. The Balaban J connectivity index is 2.03. The molecule has 6 heteroatoms. The standard InChI is InChI=1S/C15H16Cl2N2O2/c1-19(2)13(14-4-3-7-21-14)9-18-15(20)10-5-6-11(16)12(17)8-10/h3-8,13H,9H2,1-2H3,(H,18,20). The summed E-state index contributed by atoms with van der Waals surface area (Å²) in [6, 6.07) is 8.47. The van der Waals surface area contributed by atoms with Crippen LogP contribution in [0.4, 0.5) is 0 Å². The van der Waals surface area contributed by atoms with Crippen molar-refractivity contribution in [3.05, 3.63) is 58.0 Å². The monoisotopic (exact) mass is 326 g/mol. The zero-order valence-electron chi connectivity index (χ0n) is 11.8. The number of amides is 1. The van der Waals surface area contributed by atoms with Gasteiger partial charge in [0.2, 0.25) is 0 Å². The van der Waals surface area contributed by atoms with E-state index in [4.69, 9.17) is 27.6 Å². The van der Waals surface area contributed by atoms with Gasteiger partial charge < -0.3 is 9.73 Å². The topological polar surface area (TPSA) is 45.5 Å². The number of halogens is 2. The summed E-state index contributed by atoms with van der Waals surface area (Å²) in [5.41, 5.74) is 0.473. The third kappa shape index (κ3) is 4.00. The Morgan fingerprint density at radius 3 is 2.62 bits per heavy atom. The number of nitrogens with one attached hydrogen (secondary N) is 1. The van der Waals surface area contributed by atoms with Gasteiger partial charge in [-0.25, -0.2) is 0 Å². The van der Waals surface area contributed by atoms with E-state index in [2.05, 4.69) is 5.32 Å². The molecule has 2 aromatic rings. The van der Waals surface area contributed by atoms with E-state index in [1.165, 1.54) is 0 Å². The Bertz CT molecular complexity index is 612. The third-order valence-electron chi connectivity index (χ3n) is 3.13. The molecule has 1 aromatic heterocycles. The first kappa shape index (κ1) is 15.9. The van der Waals surface area contributed by atoms with Gasteiger partial charge in [-0.05, 0) is 44.4 Å². The van der Waals surface area contributed by atoms with Crippen LogP contribution in [0.1, 0.15) is 22.2 Å². The van der Waals surface area contributed by atoms with E-state index >= 15 is 0 Å². The molecule has 0 aliphatic carbocycles. The van der Waals surface area contributed by atoms with E-state index in [9.17, 15) is 4.79 Å². The van der Waals surface area contributed by atoms with Crippen LogP contribution >= 0.6 is 23.2 Å². The van der Waals surface area contributed by atoms with Crippen molar-refractivity contribution in [3.63, 3.8) is 0 Å². The molecule has 1 N–H and O–H groups in total. The summed E-state index contributed by atoms with van der Waals surface area (Å²) in [6.45, 7) is 0.430. The van der Waals surface area contributed by atoms with Crippen molar-refractivity contribution in [3.8, 4) is 0 Å². The summed E-state index contributed by atoms with van der Waals surface area (Å²) in [6.07, 6.45) is 1.62. The molecular weight excluding hydrogens is 311 g/mol. The lowest BCUT2D eigenvalue weighted by molar-refractivity contribution is 0.0939. The summed E-state index contributed by atoms with van der Waals surface area (Å²) in [5, 5.41) is 3.66. The highest BCUT2D eigenvalue weighted by Gasteiger charge is 2.18. The zero-order chi connectivity index (χ0) is 15.4. The molecule has 0 bridgehead atoms. The first-order valence-electron chi connectivity index (χ1n) is 6.42. The predicted octanol–water partition coefficient (Wildman–Crippen LogP) is 3.62. The molecule has 21 heavy (non-hydrogen) atoms. The van der Waals surface area contributed by atoms with Crippen LogP contribution in [0.2, 0.25) is 10.0 Å². The maximum absolute atomic E-state index is 12.1. The predicted molar refractivity (Wildman–Crippen MR) is 83.9 cm³/mol. The molecule has 1 amide bonds. The largest absolute Gasteiger partial charge is 0.468 e. The van der Waals surface area contributed by atoms with E-state index in [1.54, 1.807) is 24.5 Å². The molecule has 1 atom stereocenters. The van der Waals surface area contributed by atoms with Gasteiger partial charge in [0.25, 0.3) is 5.91 Å². The highest BCUT2D eigenvalue weighted by molar-refractivity contribution is 6.42. The van der Waals surface area contributed by atoms with Crippen molar-refractivity contribution in [1.82, 2.24) is 10.2 Å². The molecule has 1 unspecified atom stereocenters. The van der Waals surface area contributed by atoms with Gasteiger partial charge in [0, 0.05) is 12.1 Å². The maximum Gasteiger partial charge on any atom is 0.251 e. The van der Waals surface area contributed by atoms with Crippen LogP contribution < -0.4 is 5.32 Å². The molecule has 0 radical (unpaired) electrons. The summed E-state index contributed by atoms with van der Waals surface area (Å²) >= 11 is 11.8. The average Bonchev–Trinajstić information content (AvgIpc) is 2.95. The van der Waals surface area contributed by atoms with Gasteiger partial charge in [0.05, 0.1) is 22.4 Å². The van der Waals surface area contributed by atoms with Crippen LogP contribution in [0.25, 0.3) is 0 Å². The van der Waals surface area contributed by atoms with E-state index < -0.39 is 0 Å². The molecule has 4 nitrogen and oxygen atoms in total. The zero-order valence-corrected chi connectivity index (χ0v) is 13.3. The number of carbonyl (C=O) groups excluding carboxylic acids is 1. The van der Waals surface area contributed by atoms with Crippen molar-refractivity contribution < 1.29 is 9.21 Å². The third-order valence-corrected chi connectivity index (χ3v) is 3.87. The molecule has 0 saturated heterocycles. The Morgan fingerprint density at radius 1 is 1.29 bits per heavy atom. The Hall–Kier alpha value is -1.49. The van der Waals surface area contributed by atoms with Gasteiger partial charge in [-0.1, -0.05) is 23.2 Å². The van der Waals surface area contributed by atoms with Gasteiger partial charge >= 0.3 is 0 Å². The minimum Gasteiger partial charge on any atom is -0.468 e. The molecule has 1 heterocycles. The summed E-state index contributed by atoms with van der Waals surface area (Å²) in [4.78, 5) is 14.1. The minimum atomic E-state index is -0.202. The SMILES string of the molecule is CN(C)C(CNC(=O)c1ccc(Cl)c(Cl)c1)c1ccco1. The van der Waals surface area contributed by atoms with Crippen LogP contribution in [0.15, 0.2) is 41.0 Å². The van der Waals surface area contributed by atoms with Crippen molar-refractivity contribution in [2.75, 3.05) is 20.6 Å². The van der Waals surface area contributed by atoms with Gasteiger partial charge in [0.1, 0.15) is 5.76 Å². The second-order valence-electron chi connectivity index (χ2n) is 4.83. The van der Waals surface area contributed by atoms with Crippen LogP contribution in [0.5, 0.6) is 0 Å². The van der Waals surface area contributed by atoms with Crippen molar-refractivity contribution in [2.45, 2.75) is 6.04 Å². The molecule has 1 aromatic carbocycles. The Labute approximate surface area is 133 Å². The number of hydrogen-bond acceptors (Lipinski definition) is 3. The lowest BCUT2D eigenvalue weighted by Crippen LogP contribution is -2.34. The molecule has 0 aliphatic heterocycles. The number of carbonyl (C=O) groups is 1. The van der Waals surface area contributed by atoms with Crippen molar-refractivity contribution in [1.29, 1.82) is 0 Å². The van der Waals surface area contributed by atoms with E-state index in [0.29, 0.717) is 22.2 Å². The lowest BCUT2D eigenvalue weighted by Gasteiger charge is -2.22. The normalized spacial score (nSPS) is 12.4. The molecular formula is C15H16Cl2N2O2. The van der Waals surface area contributed by atoms with Crippen LogP contribution in [-0.4, -0.2) is 31.4 Å². The smallest absolute Gasteiger partial charge is 0.251 e. The number of hydrogen-bond donors (Lipinski definition) is 1. The fraction of sp³-hybridized carbons (Fsp3) is 0.267. The summed E-state index contributed by atoms with van der Waals surface area (Å²) in [5.74, 6) is 0.599. The second-order valence-corrected chi connectivity index (χ2v) is 5.65. The van der Waals surface area contributed by atoms with Gasteiger partial charge in [-0.15, -0.1) is 0 Å². The molecule has 2 rings (SSSR count). The lowest BCUT2D eigenvalue weighted by atomic mass is 10.1. The first-order chi connectivity index (χ1) is 9.99. The minimum absolute atomic E-state index is 0.0354. The van der Waals surface area contributed by atoms with Crippen molar-refractivity contribution >= 4 is 29.1 Å². The molecule has 0 aliphatic rings. The van der Waals surface area contributed by atoms with Crippen molar-refractivity contribution in [2.24, 2.45) is 0 Å². The summed E-state index contributed by atoms with van der Waals surface area (Å²) < 4.78 is 5.40. The molecule has 0 fully saturated rings. The maximum atomic E-state index is 12.1. The number of rotatable bonds is 5. The Morgan fingerprint density at radius 2 is 2.05 bits per heavy atom. The van der Waals surface area contributed by atoms with Crippen LogP contribution in [-0.2, 0) is 0 Å². The number of likely N-dealkylation sites (N-methyl/N-ethyl adjacent to an activating group) is 1. The van der Waals surface area contributed by atoms with Gasteiger partial charge in [-0.3, -0.25) is 9.69 Å². The second kappa shape index (κ2) is 6.98. The number of nitrogens with zero attached hydrogens (tertiary/aromatic N) is 1. The fourth-order valence-electron chi connectivity index (χ4n) is 1.95. The Kier molecular flexibility index (Phi) is 5.28.